The molecule has 2 aromatic rings. The molecule has 1 aromatic heterocycles. The van der Waals surface area contributed by atoms with Crippen molar-refractivity contribution < 1.29 is 4.74 Å². The minimum Gasteiger partial charge on any atom is -0.439 e. The van der Waals surface area contributed by atoms with E-state index >= 15 is 0 Å². The molecule has 0 amide bonds. The minimum atomic E-state index is 0.635. The van der Waals surface area contributed by atoms with Crippen LogP contribution in [0.15, 0.2) is 48.7 Å². The number of ether oxygens (including phenoxy) is 1. The number of aromatic nitrogens is 1. The van der Waals surface area contributed by atoms with Crippen molar-refractivity contribution in [3.63, 3.8) is 0 Å². The first-order valence-electron chi connectivity index (χ1n) is 4.50. The van der Waals surface area contributed by atoms with E-state index in [-0.39, 0.29) is 0 Å². The van der Waals surface area contributed by atoms with Crippen molar-refractivity contribution in [3.8, 4) is 11.6 Å². The van der Waals surface area contributed by atoms with Crippen molar-refractivity contribution in [1.29, 1.82) is 0 Å². The maximum atomic E-state index is 5.55. The predicted octanol–water partition coefficient (Wildman–Crippen LogP) is 3.18. The molecule has 1 aromatic carbocycles. The quantitative estimate of drug-likeness (QED) is 0.716. The van der Waals surface area contributed by atoms with Crippen LogP contribution in [0.2, 0.25) is 0 Å². The molecule has 0 aliphatic carbocycles. The Morgan fingerprint density at radius 3 is 2.57 bits per heavy atom. The fourth-order valence-corrected chi connectivity index (χ4v) is 1.17. The van der Waals surface area contributed by atoms with E-state index in [9.17, 15) is 0 Å². The Kier molecular flexibility index (Phi) is 2.45. The number of rotatable bonds is 2. The summed E-state index contributed by atoms with van der Waals surface area (Å²) in [6.07, 6.45) is 1.74. The van der Waals surface area contributed by atoms with Gasteiger partial charge in [0.05, 0.1) is 0 Å². The van der Waals surface area contributed by atoms with Gasteiger partial charge in [-0.2, -0.15) is 0 Å². The molecule has 0 fully saturated rings. The molecule has 14 heavy (non-hydrogen) atoms. The van der Waals surface area contributed by atoms with Gasteiger partial charge in [-0.3, -0.25) is 0 Å². The van der Waals surface area contributed by atoms with Gasteiger partial charge in [0, 0.05) is 12.3 Å². The van der Waals surface area contributed by atoms with Gasteiger partial charge in [-0.25, -0.2) is 4.98 Å². The molecule has 0 aliphatic heterocycles. The van der Waals surface area contributed by atoms with E-state index in [1.165, 1.54) is 0 Å². The smallest absolute Gasteiger partial charge is 0.219 e. The summed E-state index contributed by atoms with van der Waals surface area (Å²) in [6.45, 7) is 2.01. The molecular formula is C12H11NO. The number of para-hydroxylation sites is 1. The molecule has 0 N–H and O–H groups in total. The fraction of sp³-hybridized carbons (Fsp3) is 0.0833. The van der Waals surface area contributed by atoms with E-state index < -0.39 is 0 Å². The van der Waals surface area contributed by atoms with Gasteiger partial charge >= 0.3 is 0 Å². The Morgan fingerprint density at radius 2 is 1.86 bits per heavy atom. The van der Waals surface area contributed by atoms with Crippen LogP contribution in [0.3, 0.4) is 0 Å². The topological polar surface area (TPSA) is 22.1 Å². The molecule has 0 radical (unpaired) electrons. The van der Waals surface area contributed by atoms with Crippen molar-refractivity contribution in [1.82, 2.24) is 4.98 Å². The third-order valence-electron chi connectivity index (χ3n) is 1.86. The second kappa shape index (κ2) is 3.92. The highest BCUT2D eigenvalue weighted by atomic mass is 16.5. The van der Waals surface area contributed by atoms with Crippen molar-refractivity contribution in [2.24, 2.45) is 0 Å². The standard InChI is InChI=1S/C12H11NO/c1-10-7-8-13-12(9-10)14-11-5-3-2-4-6-11/h2-9H,1H3. The van der Waals surface area contributed by atoms with Gasteiger partial charge < -0.3 is 4.74 Å². The number of hydrogen-bond donors (Lipinski definition) is 0. The van der Waals surface area contributed by atoms with Crippen molar-refractivity contribution in [2.75, 3.05) is 0 Å². The van der Waals surface area contributed by atoms with Gasteiger partial charge in [0.25, 0.3) is 0 Å². The Morgan fingerprint density at radius 1 is 1.07 bits per heavy atom. The summed E-state index contributed by atoms with van der Waals surface area (Å²) in [6, 6.07) is 13.5. The van der Waals surface area contributed by atoms with E-state index in [2.05, 4.69) is 4.98 Å². The van der Waals surface area contributed by atoms with Crippen LogP contribution in [0.25, 0.3) is 0 Å². The van der Waals surface area contributed by atoms with Crippen LogP contribution in [0, 0.1) is 6.92 Å². The number of benzene rings is 1. The SMILES string of the molecule is Cc1ccnc(Oc2ccccc2)c1. The molecule has 0 saturated heterocycles. The van der Waals surface area contributed by atoms with Crippen molar-refractivity contribution in [3.05, 3.63) is 54.2 Å². The van der Waals surface area contributed by atoms with Crippen LogP contribution in [0.5, 0.6) is 11.6 Å². The Hall–Kier alpha value is -1.83. The van der Waals surface area contributed by atoms with Crippen molar-refractivity contribution in [2.45, 2.75) is 6.92 Å². The monoisotopic (exact) mass is 185 g/mol. The maximum absolute atomic E-state index is 5.55. The van der Waals surface area contributed by atoms with E-state index in [1.54, 1.807) is 6.20 Å². The summed E-state index contributed by atoms with van der Waals surface area (Å²) in [7, 11) is 0. The van der Waals surface area contributed by atoms with Gasteiger partial charge in [0.15, 0.2) is 0 Å². The molecular weight excluding hydrogens is 174 g/mol. The van der Waals surface area contributed by atoms with Gasteiger partial charge in [0.2, 0.25) is 5.88 Å². The van der Waals surface area contributed by atoms with Crippen LogP contribution >= 0.6 is 0 Å². The van der Waals surface area contributed by atoms with Crippen LogP contribution in [-0.4, -0.2) is 4.98 Å². The molecule has 70 valence electrons. The summed E-state index contributed by atoms with van der Waals surface area (Å²) >= 11 is 0. The first kappa shape index (κ1) is 8.75. The molecule has 2 nitrogen and oxygen atoms in total. The maximum Gasteiger partial charge on any atom is 0.219 e. The minimum absolute atomic E-state index is 0.635. The Bertz CT molecular complexity index is 412. The lowest BCUT2D eigenvalue weighted by atomic mass is 10.3. The number of nitrogens with zero attached hydrogens (tertiary/aromatic N) is 1. The average Bonchev–Trinajstić information content (AvgIpc) is 2.19. The molecule has 0 bridgehead atoms. The first-order chi connectivity index (χ1) is 6.84. The lowest BCUT2D eigenvalue weighted by Gasteiger charge is -2.03. The molecule has 0 spiro atoms. The molecule has 2 heteroatoms. The lowest BCUT2D eigenvalue weighted by Crippen LogP contribution is -1.87. The zero-order valence-electron chi connectivity index (χ0n) is 7.97. The number of aryl methyl sites for hydroxylation is 1. The van der Waals surface area contributed by atoms with Crippen LogP contribution < -0.4 is 4.74 Å². The third-order valence-corrected chi connectivity index (χ3v) is 1.86. The largest absolute Gasteiger partial charge is 0.439 e. The molecule has 1 heterocycles. The van der Waals surface area contributed by atoms with Gasteiger partial charge in [-0.1, -0.05) is 18.2 Å². The predicted molar refractivity (Wildman–Crippen MR) is 55.5 cm³/mol. The second-order valence-corrected chi connectivity index (χ2v) is 3.09. The van der Waals surface area contributed by atoms with E-state index in [0.29, 0.717) is 5.88 Å². The van der Waals surface area contributed by atoms with Crippen LogP contribution in [0.1, 0.15) is 5.56 Å². The van der Waals surface area contributed by atoms with Gasteiger partial charge in [-0.05, 0) is 30.7 Å². The Balaban J connectivity index is 2.19. The normalized spacial score (nSPS) is 9.79. The number of hydrogen-bond acceptors (Lipinski definition) is 2. The summed E-state index contributed by atoms with van der Waals surface area (Å²) in [5.41, 5.74) is 1.14. The molecule has 0 saturated carbocycles. The van der Waals surface area contributed by atoms with E-state index in [0.717, 1.165) is 11.3 Å². The first-order valence-corrected chi connectivity index (χ1v) is 4.50. The van der Waals surface area contributed by atoms with Gasteiger partial charge in [0.1, 0.15) is 5.75 Å². The lowest BCUT2D eigenvalue weighted by molar-refractivity contribution is 0.462. The summed E-state index contributed by atoms with van der Waals surface area (Å²) in [5, 5.41) is 0. The summed E-state index contributed by atoms with van der Waals surface area (Å²) in [5.74, 6) is 1.45. The molecule has 0 aliphatic rings. The van der Waals surface area contributed by atoms with E-state index in [1.807, 2.05) is 49.4 Å². The zero-order chi connectivity index (χ0) is 9.80. The highest BCUT2D eigenvalue weighted by Crippen LogP contribution is 2.18. The van der Waals surface area contributed by atoms with E-state index in [4.69, 9.17) is 4.74 Å². The third kappa shape index (κ3) is 2.10. The fourth-order valence-electron chi connectivity index (χ4n) is 1.17. The second-order valence-electron chi connectivity index (χ2n) is 3.09. The molecule has 0 atom stereocenters. The Labute approximate surface area is 83.2 Å². The number of pyridine rings is 1. The molecule has 2 rings (SSSR count). The zero-order valence-corrected chi connectivity index (χ0v) is 7.97. The highest BCUT2D eigenvalue weighted by molar-refractivity contribution is 5.28. The van der Waals surface area contributed by atoms with Crippen molar-refractivity contribution >= 4 is 0 Å². The van der Waals surface area contributed by atoms with Crippen LogP contribution in [0.4, 0.5) is 0 Å². The van der Waals surface area contributed by atoms with Gasteiger partial charge in [-0.15, -0.1) is 0 Å². The highest BCUT2D eigenvalue weighted by Gasteiger charge is 1.96. The summed E-state index contributed by atoms with van der Waals surface area (Å²) < 4.78 is 5.55. The average molecular weight is 185 g/mol. The van der Waals surface area contributed by atoms with Crippen LogP contribution in [-0.2, 0) is 0 Å². The summed E-state index contributed by atoms with van der Waals surface area (Å²) in [4.78, 5) is 4.11. The molecule has 0 unspecified atom stereocenters.